The molecule has 0 heterocycles. The number of aliphatic hydroxyl groups is 1. The molecule has 0 spiro atoms. The first-order valence-electron chi connectivity index (χ1n) is 2.61. The normalized spacial score (nSPS) is 7.36. The van der Waals surface area contributed by atoms with Crippen molar-refractivity contribution in [2.24, 2.45) is 0 Å². The van der Waals surface area contributed by atoms with E-state index in [0.29, 0.717) is 12.5 Å². The molecule has 0 saturated carbocycles. The summed E-state index contributed by atoms with van der Waals surface area (Å²) in [6.07, 6.45) is 0. The van der Waals surface area contributed by atoms with Gasteiger partial charge in [0.1, 0.15) is 0 Å². The topological polar surface area (TPSA) is 29.5 Å². The third-order valence-corrected chi connectivity index (χ3v) is 0.932. The molecule has 1 aromatic rings. The molecule has 0 fully saturated rings. The van der Waals surface area contributed by atoms with Crippen molar-refractivity contribution in [2.75, 3.05) is 0 Å². The van der Waals surface area contributed by atoms with Gasteiger partial charge in [0, 0.05) is 20.4 Å². The van der Waals surface area contributed by atoms with Crippen LogP contribution in [0.4, 0.5) is 0 Å². The number of rotatable bonds is 2. The molecule has 0 aliphatic rings. The summed E-state index contributed by atoms with van der Waals surface area (Å²) >= 11 is 0. The summed E-state index contributed by atoms with van der Waals surface area (Å²) in [5, 5.41) is 8.17. The molecule has 11 heavy (non-hydrogen) atoms. The quantitative estimate of drug-likeness (QED) is 0.543. The minimum Gasteiger partial charge on any atom is -0.635 e. The summed E-state index contributed by atoms with van der Waals surface area (Å²) in [4.78, 5) is 0. The molecule has 0 aromatic heterocycles. The molecule has 1 rings (SSSR count). The predicted molar refractivity (Wildman–Crippen MR) is 33.3 cm³/mol. The number of hydrogen-bond donors (Lipinski definition) is 1. The molecule has 0 unspecified atom stereocenters. The Morgan fingerprint density at radius 1 is 1.18 bits per heavy atom. The van der Waals surface area contributed by atoms with E-state index in [-0.39, 0.29) is 20.4 Å². The molecular formula is C7H7O2ReRf-. The van der Waals surface area contributed by atoms with E-state index in [9.17, 15) is 0 Å². The van der Waals surface area contributed by atoms with Crippen molar-refractivity contribution in [1.29, 1.82) is 0 Å². The van der Waals surface area contributed by atoms with E-state index < -0.39 is 0 Å². The molecule has 2 nitrogen and oxygen atoms in total. The Morgan fingerprint density at radius 3 is 2.18 bits per heavy atom. The van der Waals surface area contributed by atoms with Crippen LogP contribution in [0.5, 0.6) is 5.75 Å². The fourth-order valence-electron chi connectivity index (χ4n) is 0.560. The molecule has 1 N–H and O–H groups in total. The molecule has 0 saturated heterocycles. The average Bonchev–Trinajstić information content (AvgIpc) is 1.91. The largest absolute Gasteiger partial charge is 0.635 e. The molecule has 1 aromatic carbocycles. The summed E-state index contributed by atoms with van der Waals surface area (Å²) in [5.41, 5.74) is 0. The maximum atomic E-state index is 8.17. The first kappa shape index (κ1) is 12.3. The first-order valence-corrected chi connectivity index (χ1v) is 2.61. The number of para-hydroxylation sites is 1. The van der Waals surface area contributed by atoms with Crippen LogP contribution in [0.25, 0.3) is 0 Å². The van der Waals surface area contributed by atoms with E-state index in [1.807, 2.05) is 18.2 Å². The second kappa shape index (κ2) is 6.76. The summed E-state index contributed by atoms with van der Waals surface area (Å²) < 4.78 is 4.64. The molecular weight excluding hydrogens is 569 g/mol. The molecule has 0 aliphatic carbocycles. The molecule has 0 bridgehead atoms. The second-order valence-electron chi connectivity index (χ2n) is 1.54. The molecule has 1 radical (unpaired) electrons. The smallest absolute Gasteiger partial charge is 0.0866 e. The van der Waals surface area contributed by atoms with Crippen molar-refractivity contribution in [1.82, 2.24) is 0 Å². The van der Waals surface area contributed by atoms with Gasteiger partial charge in [-0.05, 0) is 18.9 Å². The minimum absolute atomic E-state index is 0. The fraction of sp³-hybridized carbons (Fsp3) is 0. The summed E-state index contributed by atoms with van der Waals surface area (Å²) in [7, 11) is 0. The minimum atomic E-state index is 0. The van der Waals surface area contributed by atoms with E-state index >= 15 is 0 Å². The van der Waals surface area contributed by atoms with Crippen LogP contribution in [0, 0.1) is 6.79 Å². The predicted octanol–water partition coefficient (Wildman–Crippen LogP) is 1.55. The maximum absolute atomic E-state index is 8.17. The van der Waals surface area contributed by atoms with Crippen LogP contribution in [-0.4, -0.2) is 5.11 Å². The summed E-state index contributed by atoms with van der Waals surface area (Å²) in [6, 6.07) is 9.06. The van der Waals surface area contributed by atoms with Crippen molar-refractivity contribution in [3.8, 4) is 5.75 Å². The van der Waals surface area contributed by atoms with Gasteiger partial charge in [0.15, 0.2) is 0 Å². The van der Waals surface area contributed by atoms with Gasteiger partial charge in [-0.25, -0.2) is 0 Å². The zero-order valence-electron chi connectivity index (χ0n) is 5.90. The van der Waals surface area contributed by atoms with E-state index in [1.165, 1.54) is 0 Å². The Kier molecular flexibility index (Phi) is 7.58. The SMILES string of the molecule is O[CH-]Oc1ccccc1.[Re].[Rf]. The van der Waals surface area contributed by atoms with E-state index in [4.69, 9.17) is 5.11 Å². The number of aliphatic hydroxyl groups excluding tert-OH is 1. The van der Waals surface area contributed by atoms with Gasteiger partial charge in [0.2, 0.25) is 0 Å². The van der Waals surface area contributed by atoms with E-state index in [0.717, 1.165) is 0 Å². The number of hydrogen-bond acceptors (Lipinski definition) is 2. The molecule has 4 heteroatoms. The van der Waals surface area contributed by atoms with Crippen LogP contribution in [0.1, 0.15) is 0 Å². The van der Waals surface area contributed by atoms with Gasteiger partial charge < -0.3 is 9.84 Å². The van der Waals surface area contributed by atoms with Crippen molar-refractivity contribution < 1.29 is 30.3 Å². The van der Waals surface area contributed by atoms with Crippen LogP contribution in [0.3, 0.4) is 0 Å². The van der Waals surface area contributed by atoms with Gasteiger partial charge in [-0.1, -0.05) is 18.2 Å². The van der Waals surface area contributed by atoms with Crippen molar-refractivity contribution in [3.63, 3.8) is 0 Å². The van der Waals surface area contributed by atoms with Gasteiger partial charge in [0.25, 0.3) is 0 Å². The van der Waals surface area contributed by atoms with Gasteiger partial charge in [-0.2, -0.15) is 0 Å². The maximum Gasteiger partial charge on any atom is 0.0866 e. The number of ether oxygens (including phenoxy) is 1. The first-order chi connectivity index (χ1) is 4.43. The number of benzene rings is 1. The van der Waals surface area contributed by atoms with Gasteiger partial charge >= 0.3 is 0 Å². The van der Waals surface area contributed by atoms with Gasteiger partial charge in [0.05, 0.1) is 5.75 Å². The molecule has 57 valence electrons. The summed E-state index contributed by atoms with van der Waals surface area (Å²) in [5.74, 6) is 0.639. The van der Waals surface area contributed by atoms with E-state index in [1.54, 1.807) is 12.1 Å². The van der Waals surface area contributed by atoms with Crippen molar-refractivity contribution in [3.05, 3.63) is 37.1 Å². The van der Waals surface area contributed by atoms with Crippen LogP contribution < -0.4 is 4.74 Å². The van der Waals surface area contributed by atoms with Crippen LogP contribution in [-0.2, 0) is 20.4 Å². The standard InChI is InChI=1S/C7H7O2.Re.Rf/c8-6-9-7-4-2-1-3-5-7;;/h1-6,8H;;/q-1;;. The van der Waals surface area contributed by atoms with Crippen LogP contribution >= 0.6 is 0 Å². The van der Waals surface area contributed by atoms with Crippen molar-refractivity contribution >= 4 is 0 Å². The molecule has 0 amide bonds. The molecule has 0 atom stereocenters. The monoisotopic (exact) mass is 577 g/mol. The van der Waals surface area contributed by atoms with Gasteiger partial charge in [-0.15, -0.1) is 0 Å². The molecule has 0 aliphatic heterocycles. The van der Waals surface area contributed by atoms with Crippen LogP contribution in [0.15, 0.2) is 30.3 Å². The third kappa shape index (κ3) is 4.10. The zero-order chi connectivity index (χ0) is 6.53. The van der Waals surface area contributed by atoms with Crippen molar-refractivity contribution in [2.45, 2.75) is 0 Å². The fourth-order valence-corrected chi connectivity index (χ4v) is 0.560. The average molecular weight is 576 g/mol. The summed E-state index contributed by atoms with van der Waals surface area (Å²) in [6.45, 7) is 0.662. The van der Waals surface area contributed by atoms with Gasteiger partial charge in [-0.3, -0.25) is 0 Å². The Morgan fingerprint density at radius 2 is 1.73 bits per heavy atom. The Balaban J connectivity index is 0. The third-order valence-electron chi connectivity index (χ3n) is 0.932. The Labute approximate surface area is 73.5 Å². The van der Waals surface area contributed by atoms with Crippen LogP contribution in [0.2, 0.25) is 0 Å². The Bertz CT molecular complexity index is 169. The second-order valence-corrected chi connectivity index (χ2v) is 1.54. The zero-order valence-corrected chi connectivity index (χ0v) is 15.0. The van der Waals surface area contributed by atoms with E-state index in [2.05, 4.69) is 4.74 Å². The Hall–Kier alpha value is -1.36.